The van der Waals surface area contributed by atoms with E-state index >= 15 is 0 Å². The zero-order valence-electron chi connectivity index (χ0n) is 13.6. The van der Waals surface area contributed by atoms with Crippen LogP contribution in [0.3, 0.4) is 0 Å². The Morgan fingerprint density at radius 2 is 1.44 bits per heavy atom. The molecular weight excluding hydrogens is 224 g/mol. The molecule has 0 spiro atoms. The van der Waals surface area contributed by atoms with Gasteiger partial charge in [-0.1, -0.05) is 27.2 Å². The summed E-state index contributed by atoms with van der Waals surface area (Å²) in [5.41, 5.74) is 0.310. The number of hydrogen-bond donors (Lipinski definition) is 0. The van der Waals surface area contributed by atoms with E-state index in [2.05, 4.69) is 48.5 Å². The van der Waals surface area contributed by atoms with E-state index in [1.54, 1.807) is 0 Å². The first-order valence-corrected chi connectivity index (χ1v) is 7.44. The Hall–Kier alpha value is -0.0800. The second-order valence-electron chi connectivity index (χ2n) is 7.10. The molecule has 1 fully saturated rings. The van der Waals surface area contributed by atoms with E-state index in [-0.39, 0.29) is 0 Å². The second kappa shape index (κ2) is 8.92. The first-order valence-electron chi connectivity index (χ1n) is 7.44. The number of rotatable bonds is 5. The minimum absolute atomic E-state index is 0.310. The van der Waals surface area contributed by atoms with E-state index in [1.807, 2.05) is 0 Å². The van der Waals surface area contributed by atoms with Crippen LogP contribution in [0.4, 0.5) is 0 Å². The van der Waals surface area contributed by atoms with E-state index in [1.165, 1.54) is 19.3 Å². The quantitative estimate of drug-likeness (QED) is 0.713. The van der Waals surface area contributed by atoms with Crippen molar-refractivity contribution in [2.24, 2.45) is 11.3 Å². The van der Waals surface area contributed by atoms with Gasteiger partial charge in [0.1, 0.15) is 0 Å². The predicted octanol–water partition coefficient (Wildman–Crippen LogP) is 4.67. The van der Waals surface area contributed by atoms with Gasteiger partial charge in [-0.15, -0.1) is 0 Å². The molecule has 110 valence electrons. The number of ether oxygens (including phenoxy) is 2. The monoisotopic (exact) mass is 258 g/mol. The van der Waals surface area contributed by atoms with Gasteiger partial charge >= 0.3 is 0 Å². The molecule has 0 aromatic heterocycles. The van der Waals surface area contributed by atoms with Gasteiger partial charge in [-0.3, -0.25) is 0 Å². The third-order valence-corrected chi connectivity index (χ3v) is 2.74. The zero-order chi connectivity index (χ0) is 14.2. The molecule has 0 bridgehead atoms. The minimum Gasteiger partial charge on any atom is -0.379 e. The van der Waals surface area contributed by atoms with Crippen molar-refractivity contribution in [3.8, 4) is 0 Å². The normalized spacial score (nSPS) is 16.5. The molecule has 0 atom stereocenters. The van der Waals surface area contributed by atoms with Crippen LogP contribution in [0, 0.1) is 11.3 Å². The first-order chi connectivity index (χ1) is 8.20. The Kier molecular flexibility index (Phi) is 8.89. The van der Waals surface area contributed by atoms with E-state index in [9.17, 15) is 0 Å². The maximum absolute atomic E-state index is 5.45. The molecule has 18 heavy (non-hydrogen) atoms. The maximum atomic E-state index is 5.45. The fraction of sp³-hybridized carbons (Fsp3) is 1.00. The largest absolute Gasteiger partial charge is 0.379 e. The molecule has 2 nitrogen and oxygen atoms in total. The Labute approximate surface area is 114 Å². The molecule has 0 radical (unpaired) electrons. The van der Waals surface area contributed by atoms with Gasteiger partial charge in [0.15, 0.2) is 0 Å². The lowest BCUT2D eigenvalue weighted by atomic mass is 9.86. The number of hydrogen-bond acceptors (Lipinski definition) is 2. The van der Waals surface area contributed by atoms with Crippen LogP contribution in [0.25, 0.3) is 0 Å². The molecule has 0 aliphatic heterocycles. The van der Waals surface area contributed by atoms with Crippen molar-refractivity contribution in [2.45, 2.75) is 79.9 Å². The molecule has 0 aromatic carbocycles. The summed E-state index contributed by atoms with van der Waals surface area (Å²) in [4.78, 5) is 0. The molecule has 0 aromatic rings. The summed E-state index contributed by atoms with van der Waals surface area (Å²) in [6.45, 7) is 16.7. The topological polar surface area (TPSA) is 18.5 Å². The van der Waals surface area contributed by atoms with Crippen LogP contribution in [0.15, 0.2) is 0 Å². The van der Waals surface area contributed by atoms with Crippen LogP contribution in [-0.2, 0) is 9.47 Å². The third kappa shape index (κ3) is 12.4. The summed E-state index contributed by atoms with van der Waals surface area (Å²) < 4.78 is 10.9. The van der Waals surface area contributed by atoms with Crippen molar-refractivity contribution < 1.29 is 9.47 Å². The van der Waals surface area contributed by atoms with Gasteiger partial charge in [0.25, 0.3) is 0 Å². The van der Waals surface area contributed by atoms with E-state index in [0.29, 0.717) is 17.6 Å². The maximum Gasteiger partial charge on any atom is 0.0519 e. The van der Waals surface area contributed by atoms with Gasteiger partial charge in [-0.05, 0) is 51.9 Å². The van der Waals surface area contributed by atoms with Gasteiger partial charge < -0.3 is 9.47 Å². The lowest BCUT2D eigenvalue weighted by Crippen LogP contribution is -2.19. The predicted molar refractivity (Wildman–Crippen MR) is 79.0 cm³/mol. The van der Waals surface area contributed by atoms with Gasteiger partial charge in [0, 0.05) is 6.61 Å². The third-order valence-electron chi connectivity index (χ3n) is 2.74. The van der Waals surface area contributed by atoms with Crippen LogP contribution in [-0.4, -0.2) is 25.4 Å². The van der Waals surface area contributed by atoms with Crippen LogP contribution < -0.4 is 0 Å². The Bertz CT molecular complexity index is 188. The molecule has 0 N–H and O–H groups in total. The standard InChI is InChI=1S/C8H16O.C8H18O/c1-7(2)9-6-8-4-3-5-8;1-7(2)9-6-8(3,4)5/h7-8H,3-6H2,1-2H3;7H,6H2,1-5H3. The fourth-order valence-electron chi connectivity index (χ4n) is 1.40. The molecule has 1 rings (SSSR count). The molecule has 1 saturated carbocycles. The SMILES string of the molecule is CC(C)OCC(C)(C)C.CC(C)OCC1CCC1. The highest BCUT2D eigenvalue weighted by Gasteiger charge is 2.17. The summed E-state index contributed by atoms with van der Waals surface area (Å²) in [6.07, 6.45) is 5.00. The molecule has 1 aliphatic carbocycles. The average Bonchev–Trinajstić information content (AvgIpc) is 2.11. The second-order valence-corrected chi connectivity index (χ2v) is 7.10. The fourth-order valence-corrected chi connectivity index (χ4v) is 1.40. The van der Waals surface area contributed by atoms with Crippen molar-refractivity contribution in [2.75, 3.05) is 13.2 Å². The smallest absolute Gasteiger partial charge is 0.0519 e. The van der Waals surface area contributed by atoms with E-state index in [4.69, 9.17) is 9.47 Å². The highest BCUT2D eigenvalue weighted by atomic mass is 16.5. The van der Waals surface area contributed by atoms with Crippen molar-refractivity contribution in [3.05, 3.63) is 0 Å². The molecule has 0 amide bonds. The average molecular weight is 258 g/mol. The van der Waals surface area contributed by atoms with Gasteiger partial charge in [0.05, 0.1) is 18.8 Å². The van der Waals surface area contributed by atoms with Crippen molar-refractivity contribution >= 4 is 0 Å². The molecule has 2 heteroatoms. The van der Waals surface area contributed by atoms with E-state index < -0.39 is 0 Å². The summed E-state index contributed by atoms with van der Waals surface area (Å²) in [5, 5.41) is 0. The summed E-state index contributed by atoms with van der Waals surface area (Å²) >= 11 is 0. The molecule has 1 aliphatic rings. The molecular formula is C16H34O2. The lowest BCUT2D eigenvalue weighted by molar-refractivity contribution is 0.0285. The summed E-state index contributed by atoms with van der Waals surface area (Å²) in [7, 11) is 0. The molecule has 0 heterocycles. The van der Waals surface area contributed by atoms with Gasteiger partial charge in [-0.2, -0.15) is 0 Å². The molecule has 0 unspecified atom stereocenters. The summed E-state index contributed by atoms with van der Waals surface area (Å²) in [5.74, 6) is 0.896. The van der Waals surface area contributed by atoms with Crippen LogP contribution in [0.2, 0.25) is 0 Å². The van der Waals surface area contributed by atoms with Crippen LogP contribution in [0.1, 0.15) is 67.7 Å². The Morgan fingerprint density at radius 1 is 0.944 bits per heavy atom. The van der Waals surface area contributed by atoms with Gasteiger partial charge in [-0.25, -0.2) is 0 Å². The Balaban J connectivity index is 0.000000321. The van der Waals surface area contributed by atoms with Crippen molar-refractivity contribution in [1.82, 2.24) is 0 Å². The van der Waals surface area contributed by atoms with Crippen LogP contribution in [0.5, 0.6) is 0 Å². The van der Waals surface area contributed by atoms with Gasteiger partial charge in [0.2, 0.25) is 0 Å². The summed E-state index contributed by atoms with van der Waals surface area (Å²) in [6, 6.07) is 0. The zero-order valence-corrected chi connectivity index (χ0v) is 13.6. The Morgan fingerprint density at radius 3 is 1.67 bits per heavy atom. The van der Waals surface area contributed by atoms with E-state index in [0.717, 1.165) is 19.1 Å². The minimum atomic E-state index is 0.310. The highest BCUT2D eigenvalue weighted by Crippen LogP contribution is 2.26. The first kappa shape index (κ1) is 17.9. The lowest BCUT2D eigenvalue weighted by Gasteiger charge is -2.25. The van der Waals surface area contributed by atoms with Crippen molar-refractivity contribution in [3.63, 3.8) is 0 Å². The van der Waals surface area contributed by atoms with Crippen molar-refractivity contribution in [1.29, 1.82) is 0 Å². The molecule has 0 saturated heterocycles. The highest BCUT2D eigenvalue weighted by molar-refractivity contribution is 4.68. The van der Waals surface area contributed by atoms with Crippen LogP contribution >= 0.6 is 0 Å².